The molecule has 2 aromatic rings. The van der Waals surface area contributed by atoms with Crippen LogP contribution in [0.2, 0.25) is 0 Å². The van der Waals surface area contributed by atoms with Gasteiger partial charge in [-0.15, -0.1) is 35.3 Å². The van der Waals surface area contributed by atoms with Crippen LogP contribution in [-0.4, -0.2) is 37.0 Å². The minimum absolute atomic E-state index is 0. The van der Waals surface area contributed by atoms with E-state index in [1.54, 1.807) is 18.4 Å². The van der Waals surface area contributed by atoms with Gasteiger partial charge in [0.1, 0.15) is 5.82 Å². The largest absolute Gasteiger partial charge is 0.356 e. The number of benzene rings is 1. The van der Waals surface area contributed by atoms with Crippen molar-refractivity contribution in [1.29, 1.82) is 0 Å². The van der Waals surface area contributed by atoms with Gasteiger partial charge in [-0.2, -0.15) is 0 Å². The van der Waals surface area contributed by atoms with Crippen LogP contribution in [0.15, 0.2) is 34.6 Å². The molecule has 6 nitrogen and oxygen atoms in total. The van der Waals surface area contributed by atoms with Crippen molar-refractivity contribution in [3.8, 4) is 0 Å². The molecule has 0 fully saturated rings. The number of nitrogens with zero attached hydrogens (tertiary/aromatic N) is 2. The average molecular weight is 477 g/mol. The zero-order valence-corrected chi connectivity index (χ0v) is 17.2. The van der Waals surface area contributed by atoms with Crippen LogP contribution in [0.1, 0.15) is 10.7 Å². The molecule has 0 aliphatic carbocycles. The summed E-state index contributed by atoms with van der Waals surface area (Å²) < 4.78 is 12.8. The molecule has 136 valence electrons. The summed E-state index contributed by atoms with van der Waals surface area (Å²) in [5.74, 6) is -0.0399. The molecule has 1 amide bonds. The molecule has 0 saturated carbocycles. The number of halogens is 2. The molecule has 0 radical (unpaired) electrons. The van der Waals surface area contributed by atoms with Crippen molar-refractivity contribution in [2.24, 2.45) is 4.99 Å². The Morgan fingerprint density at radius 1 is 1.28 bits per heavy atom. The van der Waals surface area contributed by atoms with Gasteiger partial charge in [-0.05, 0) is 31.2 Å². The first kappa shape index (κ1) is 21.3. The first-order chi connectivity index (χ1) is 11.6. The first-order valence-electron chi connectivity index (χ1n) is 7.48. The summed E-state index contributed by atoms with van der Waals surface area (Å²) >= 11 is 1.62. The molecule has 0 aliphatic heterocycles. The molecule has 0 saturated heterocycles. The maximum atomic E-state index is 12.8. The molecule has 3 N–H and O–H groups in total. The van der Waals surface area contributed by atoms with Crippen LogP contribution in [0.5, 0.6) is 0 Å². The molecular weight excluding hydrogens is 456 g/mol. The Morgan fingerprint density at radius 3 is 2.60 bits per heavy atom. The summed E-state index contributed by atoms with van der Waals surface area (Å²) in [7, 11) is 1.64. The number of aliphatic imine (C=N–C) groups is 1. The fourth-order valence-corrected chi connectivity index (χ4v) is 2.60. The minimum atomic E-state index is -0.342. The highest BCUT2D eigenvalue weighted by molar-refractivity contribution is 14.0. The van der Waals surface area contributed by atoms with Crippen molar-refractivity contribution in [2.75, 3.05) is 25.5 Å². The maximum Gasteiger partial charge on any atom is 0.243 e. The van der Waals surface area contributed by atoms with Gasteiger partial charge < -0.3 is 16.0 Å². The Morgan fingerprint density at radius 2 is 2.00 bits per heavy atom. The lowest BCUT2D eigenvalue weighted by molar-refractivity contribution is -0.115. The highest BCUT2D eigenvalue weighted by Gasteiger charge is 2.05. The van der Waals surface area contributed by atoms with Gasteiger partial charge in [0.15, 0.2) is 5.96 Å². The number of rotatable bonds is 6. The molecule has 0 aliphatic rings. The van der Waals surface area contributed by atoms with E-state index in [9.17, 15) is 9.18 Å². The Kier molecular flexibility index (Phi) is 9.35. The van der Waals surface area contributed by atoms with Crippen molar-refractivity contribution < 1.29 is 9.18 Å². The summed E-state index contributed by atoms with van der Waals surface area (Å²) in [5, 5.41) is 11.8. The van der Waals surface area contributed by atoms with Crippen molar-refractivity contribution in [3.05, 3.63) is 46.2 Å². The average Bonchev–Trinajstić information content (AvgIpc) is 2.98. The van der Waals surface area contributed by atoms with Crippen LogP contribution in [-0.2, 0) is 11.2 Å². The Labute approximate surface area is 167 Å². The molecule has 1 aromatic heterocycles. The smallest absolute Gasteiger partial charge is 0.243 e. The topological polar surface area (TPSA) is 78.4 Å². The van der Waals surface area contributed by atoms with E-state index in [1.807, 2.05) is 12.3 Å². The highest BCUT2D eigenvalue weighted by Crippen LogP contribution is 2.08. The zero-order chi connectivity index (χ0) is 17.4. The summed E-state index contributed by atoms with van der Waals surface area (Å²) in [6.45, 7) is 2.71. The molecular formula is C16H21FIN5OS. The van der Waals surface area contributed by atoms with Gasteiger partial charge >= 0.3 is 0 Å². The lowest BCUT2D eigenvalue weighted by Gasteiger charge is -2.11. The van der Waals surface area contributed by atoms with Crippen molar-refractivity contribution in [1.82, 2.24) is 15.6 Å². The molecule has 0 unspecified atom stereocenters. The van der Waals surface area contributed by atoms with Gasteiger partial charge in [0.2, 0.25) is 5.91 Å². The van der Waals surface area contributed by atoms with Crippen LogP contribution < -0.4 is 16.0 Å². The standard InChI is InChI=1S/C16H20FN5OS.HI/c1-11-21-14(10-24-11)7-8-19-16(18-2)20-9-15(23)22-13-5-3-12(17)4-6-13;/h3-6,10H,7-9H2,1-2H3,(H,22,23)(H2,18,19,20);1H. The van der Waals surface area contributed by atoms with Crippen LogP contribution in [0.25, 0.3) is 0 Å². The fourth-order valence-electron chi connectivity index (χ4n) is 1.96. The Bertz CT molecular complexity index is 705. The zero-order valence-electron chi connectivity index (χ0n) is 14.0. The van der Waals surface area contributed by atoms with Crippen LogP contribution in [0.4, 0.5) is 10.1 Å². The van der Waals surface area contributed by atoms with Crippen molar-refractivity contribution >= 4 is 52.9 Å². The number of guanidine groups is 1. The number of carbonyl (C=O) groups is 1. The number of hydrogen-bond donors (Lipinski definition) is 3. The van der Waals surface area contributed by atoms with E-state index in [0.717, 1.165) is 17.1 Å². The number of carbonyl (C=O) groups excluding carboxylic acids is 1. The summed E-state index contributed by atoms with van der Waals surface area (Å²) in [6, 6.07) is 5.61. The molecule has 9 heteroatoms. The third-order valence-electron chi connectivity index (χ3n) is 3.11. The van der Waals surface area contributed by atoms with E-state index in [2.05, 4.69) is 25.9 Å². The fraction of sp³-hybridized carbons (Fsp3) is 0.312. The number of nitrogens with one attached hydrogen (secondary N) is 3. The lowest BCUT2D eigenvalue weighted by atomic mass is 10.3. The van der Waals surface area contributed by atoms with E-state index in [4.69, 9.17) is 0 Å². The van der Waals surface area contributed by atoms with Gasteiger partial charge in [-0.1, -0.05) is 0 Å². The van der Waals surface area contributed by atoms with Gasteiger partial charge in [-0.25, -0.2) is 9.37 Å². The number of hydrogen-bond acceptors (Lipinski definition) is 4. The van der Waals surface area contributed by atoms with Crippen molar-refractivity contribution in [3.63, 3.8) is 0 Å². The summed E-state index contributed by atoms with van der Waals surface area (Å²) in [5.41, 5.74) is 1.58. The molecule has 25 heavy (non-hydrogen) atoms. The van der Waals surface area contributed by atoms with Gasteiger partial charge in [-0.3, -0.25) is 9.79 Å². The normalized spacial score (nSPS) is 10.8. The second kappa shape index (κ2) is 11.0. The number of thiazole rings is 1. The quantitative estimate of drug-likeness (QED) is 0.340. The van der Waals surface area contributed by atoms with E-state index < -0.39 is 0 Å². The van der Waals surface area contributed by atoms with Gasteiger partial charge in [0, 0.05) is 31.1 Å². The highest BCUT2D eigenvalue weighted by atomic mass is 127. The lowest BCUT2D eigenvalue weighted by Crippen LogP contribution is -2.42. The molecule has 0 spiro atoms. The van der Waals surface area contributed by atoms with E-state index in [1.165, 1.54) is 24.3 Å². The first-order valence-corrected chi connectivity index (χ1v) is 8.35. The summed E-state index contributed by atoms with van der Waals surface area (Å²) in [6.07, 6.45) is 0.785. The van der Waals surface area contributed by atoms with Crippen LogP contribution in [0.3, 0.4) is 0 Å². The number of amides is 1. The van der Waals surface area contributed by atoms with Crippen LogP contribution >= 0.6 is 35.3 Å². The van der Waals surface area contributed by atoms with Crippen LogP contribution in [0, 0.1) is 12.7 Å². The minimum Gasteiger partial charge on any atom is -0.356 e. The monoisotopic (exact) mass is 477 g/mol. The number of anilines is 1. The molecule has 2 rings (SSSR count). The van der Waals surface area contributed by atoms with E-state index in [-0.39, 0.29) is 42.2 Å². The number of aryl methyl sites for hydroxylation is 1. The maximum absolute atomic E-state index is 12.8. The van der Waals surface area contributed by atoms with E-state index >= 15 is 0 Å². The van der Waals surface area contributed by atoms with E-state index in [0.29, 0.717) is 18.2 Å². The number of aromatic nitrogens is 1. The molecule has 1 aromatic carbocycles. The second-order valence-corrected chi connectivity index (χ2v) is 6.08. The van der Waals surface area contributed by atoms with Gasteiger partial charge in [0.25, 0.3) is 0 Å². The molecule has 0 bridgehead atoms. The molecule has 1 heterocycles. The third-order valence-corrected chi connectivity index (χ3v) is 3.93. The SMILES string of the molecule is CN=C(NCCc1csc(C)n1)NCC(=O)Nc1ccc(F)cc1.I. The predicted octanol–water partition coefficient (Wildman–Crippen LogP) is 2.55. The second-order valence-electron chi connectivity index (χ2n) is 5.02. The third kappa shape index (κ3) is 7.78. The van der Waals surface area contributed by atoms with Crippen molar-refractivity contribution in [2.45, 2.75) is 13.3 Å². The Hall–Kier alpha value is -1.75. The Balaban J connectivity index is 0.00000312. The van der Waals surface area contributed by atoms with Gasteiger partial charge in [0.05, 0.1) is 17.2 Å². The molecule has 0 atom stereocenters. The predicted molar refractivity (Wildman–Crippen MR) is 110 cm³/mol. The summed E-state index contributed by atoms with van der Waals surface area (Å²) in [4.78, 5) is 20.3.